The third kappa shape index (κ3) is 4.44. The van der Waals surface area contributed by atoms with E-state index in [2.05, 4.69) is 24.1 Å². The first-order valence-corrected chi connectivity index (χ1v) is 7.84. The van der Waals surface area contributed by atoms with Crippen molar-refractivity contribution in [1.29, 1.82) is 0 Å². The normalized spacial score (nSPS) is 19.2. The van der Waals surface area contributed by atoms with E-state index in [1.165, 1.54) is 32.0 Å². The van der Waals surface area contributed by atoms with Crippen molar-refractivity contribution in [3.8, 4) is 0 Å². The number of piperidine rings is 1. The summed E-state index contributed by atoms with van der Waals surface area (Å²) in [6.07, 6.45) is 2.61. The molecule has 20 heavy (non-hydrogen) atoms. The Balaban J connectivity index is 1.74. The number of hydrogen-bond donors (Lipinski definition) is 1. The molecule has 2 nitrogen and oxygen atoms in total. The molecule has 1 aromatic carbocycles. The molecule has 0 bridgehead atoms. The van der Waals surface area contributed by atoms with Crippen molar-refractivity contribution in [2.24, 2.45) is 5.92 Å². The first-order valence-electron chi connectivity index (χ1n) is 7.47. The predicted molar refractivity (Wildman–Crippen MR) is 82.7 cm³/mol. The number of nitrogens with zero attached hydrogens (tertiary/aromatic N) is 1. The second-order valence-corrected chi connectivity index (χ2v) is 6.28. The molecule has 0 amide bonds. The van der Waals surface area contributed by atoms with Gasteiger partial charge in [0.05, 0.1) is 5.02 Å². The molecule has 1 aromatic rings. The van der Waals surface area contributed by atoms with E-state index >= 15 is 0 Å². The smallest absolute Gasteiger partial charge is 0.142 e. The number of benzene rings is 1. The Kier molecular flexibility index (Phi) is 5.82. The minimum atomic E-state index is -0.345. The highest BCUT2D eigenvalue weighted by Gasteiger charge is 2.15. The fourth-order valence-corrected chi connectivity index (χ4v) is 2.74. The van der Waals surface area contributed by atoms with Crippen LogP contribution in [-0.4, -0.2) is 31.1 Å². The predicted octanol–water partition coefficient (Wildman–Crippen LogP) is 3.86. The SMILES string of the molecule is CC1CCN(CCNC(C)c2ccc(Cl)c(F)c2)CC1. The van der Waals surface area contributed by atoms with Gasteiger partial charge in [-0.1, -0.05) is 24.6 Å². The molecule has 112 valence electrons. The third-order valence-corrected chi connectivity index (χ3v) is 4.50. The minimum Gasteiger partial charge on any atom is -0.309 e. The summed E-state index contributed by atoms with van der Waals surface area (Å²) in [4.78, 5) is 2.50. The second-order valence-electron chi connectivity index (χ2n) is 5.87. The summed E-state index contributed by atoms with van der Waals surface area (Å²) < 4.78 is 13.4. The van der Waals surface area contributed by atoms with Crippen LogP contribution in [0.25, 0.3) is 0 Å². The average molecular weight is 299 g/mol. The van der Waals surface area contributed by atoms with Crippen molar-refractivity contribution in [2.45, 2.75) is 32.7 Å². The molecule has 2 rings (SSSR count). The Hall–Kier alpha value is -0.640. The maximum atomic E-state index is 13.4. The van der Waals surface area contributed by atoms with Crippen molar-refractivity contribution in [1.82, 2.24) is 10.2 Å². The van der Waals surface area contributed by atoms with Crippen molar-refractivity contribution in [3.05, 3.63) is 34.6 Å². The van der Waals surface area contributed by atoms with Gasteiger partial charge in [0.1, 0.15) is 5.82 Å². The number of nitrogens with one attached hydrogen (secondary N) is 1. The number of likely N-dealkylation sites (tertiary alicyclic amines) is 1. The largest absolute Gasteiger partial charge is 0.309 e. The van der Waals surface area contributed by atoms with Gasteiger partial charge in [-0.3, -0.25) is 0 Å². The molecule has 1 unspecified atom stereocenters. The second kappa shape index (κ2) is 7.39. The zero-order valence-corrected chi connectivity index (χ0v) is 13.1. The van der Waals surface area contributed by atoms with E-state index in [0.29, 0.717) is 0 Å². The van der Waals surface area contributed by atoms with Crippen LogP contribution in [-0.2, 0) is 0 Å². The Morgan fingerprint density at radius 2 is 2.10 bits per heavy atom. The van der Waals surface area contributed by atoms with Crippen LogP contribution in [0, 0.1) is 11.7 Å². The molecule has 1 fully saturated rings. The Morgan fingerprint density at radius 3 is 2.75 bits per heavy atom. The molecule has 0 saturated carbocycles. The summed E-state index contributed by atoms with van der Waals surface area (Å²) in [5, 5.41) is 3.64. The fourth-order valence-electron chi connectivity index (χ4n) is 2.62. The summed E-state index contributed by atoms with van der Waals surface area (Å²) >= 11 is 5.70. The monoisotopic (exact) mass is 298 g/mol. The highest BCUT2D eigenvalue weighted by Crippen LogP contribution is 2.20. The Labute approximate surface area is 126 Å². The summed E-state index contributed by atoms with van der Waals surface area (Å²) in [5.41, 5.74) is 0.944. The van der Waals surface area contributed by atoms with Gasteiger partial charge in [0.2, 0.25) is 0 Å². The summed E-state index contributed by atoms with van der Waals surface area (Å²) in [6.45, 7) is 8.78. The molecule has 1 N–H and O–H groups in total. The van der Waals surface area contributed by atoms with Crippen LogP contribution in [0.1, 0.15) is 38.3 Å². The Bertz CT molecular complexity index is 430. The van der Waals surface area contributed by atoms with E-state index in [0.717, 1.165) is 24.6 Å². The fraction of sp³-hybridized carbons (Fsp3) is 0.625. The van der Waals surface area contributed by atoms with Crippen molar-refractivity contribution < 1.29 is 4.39 Å². The molecule has 1 atom stereocenters. The lowest BCUT2D eigenvalue weighted by molar-refractivity contribution is 0.191. The van der Waals surface area contributed by atoms with Crippen LogP contribution in [0.3, 0.4) is 0 Å². The van der Waals surface area contributed by atoms with Crippen LogP contribution in [0.4, 0.5) is 4.39 Å². The minimum absolute atomic E-state index is 0.144. The van der Waals surface area contributed by atoms with Crippen LogP contribution in [0.5, 0.6) is 0 Å². The molecule has 1 aliphatic rings. The average Bonchev–Trinajstić information content (AvgIpc) is 2.44. The van der Waals surface area contributed by atoms with E-state index in [1.54, 1.807) is 6.07 Å². The van der Waals surface area contributed by atoms with Gasteiger partial charge in [-0.15, -0.1) is 0 Å². The van der Waals surface area contributed by atoms with E-state index in [9.17, 15) is 4.39 Å². The maximum Gasteiger partial charge on any atom is 0.142 e. The molecule has 4 heteroatoms. The highest BCUT2D eigenvalue weighted by atomic mass is 35.5. The van der Waals surface area contributed by atoms with Gasteiger partial charge < -0.3 is 10.2 Å². The number of halogens is 2. The first kappa shape index (κ1) is 15.7. The van der Waals surface area contributed by atoms with Crippen LogP contribution in [0.2, 0.25) is 5.02 Å². The topological polar surface area (TPSA) is 15.3 Å². The number of hydrogen-bond acceptors (Lipinski definition) is 2. The maximum absolute atomic E-state index is 13.4. The van der Waals surface area contributed by atoms with Crippen LogP contribution >= 0.6 is 11.6 Å². The summed E-state index contributed by atoms with van der Waals surface area (Å²) in [5.74, 6) is 0.526. The highest BCUT2D eigenvalue weighted by molar-refractivity contribution is 6.30. The summed E-state index contributed by atoms with van der Waals surface area (Å²) in [6, 6.07) is 5.16. The molecular weight excluding hydrogens is 275 g/mol. The van der Waals surface area contributed by atoms with E-state index in [1.807, 2.05) is 6.07 Å². The third-order valence-electron chi connectivity index (χ3n) is 4.20. The molecule has 0 spiro atoms. The lowest BCUT2D eigenvalue weighted by Gasteiger charge is -2.30. The molecule has 1 heterocycles. The summed E-state index contributed by atoms with van der Waals surface area (Å²) in [7, 11) is 0. The Morgan fingerprint density at radius 1 is 1.40 bits per heavy atom. The van der Waals surface area contributed by atoms with Gasteiger partial charge in [0, 0.05) is 19.1 Å². The van der Waals surface area contributed by atoms with E-state index in [-0.39, 0.29) is 16.9 Å². The molecule has 0 aromatic heterocycles. The van der Waals surface area contributed by atoms with Gasteiger partial charge in [-0.05, 0) is 56.5 Å². The van der Waals surface area contributed by atoms with E-state index < -0.39 is 0 Å². The van der Waals surface area contributed by atoms with Crippen LogP contribution < -0.4 is 5.32 Å². The van der Waals surface area contributed by atoms with Gasteiger partial charge in [0.15, 0.2) is 0 Å². The van der Waals surface area contributed by atoms with Crippen molar-refractivity contribution >= 4 is 11.6 Å². The van der Waals surface area contributed by atoms with Gasteiger partial charge in [-0.25, -0.2) is 4.39 Å². The van der Waals surface area contributed by atoms with E-state index in [4.69, 9.17) is 11.6 Å². The van der Waals surface area contributed by atoms with Crippen molar-refractivity contribution in [3.63, 3.8) is 0 Å². The molecular formula is C16H24ClFN2. The standard InChI is InChI=1S/C16H24ClFN2/c1-12-5-8-20(9-6-12)10-7-19-13(2)14-3-4-15(17)16(18)11-14/h3-4,11-13,19H,5-10H2,1-2H3. The molecule has 1 aliphatic heterocycles. The lowest BCUT2D eigenvalue weighted by atomic mass is 9.99. The van der Waals surface area contributed by atoms with Crippen LogP contribution in [0.15, 0.2) is 18.2 Å². The zero-order valence-electron chi connectivity index (χ0n) is 12.3. The van der Waals surface area contributed by atoms with Gasteiger partial charge in [-0.2, -0.15) is 0 Å². The van der Waals surface area contributed by atoms with Crippen molar-refractivity contribution in [2.75, 3.05) is 26.2 Å². The van der Waals surface area contributed by atoms with Gasteiger partial charge >= 0.3 is 0 Å². The lowest BCUT2D eigenvalue weighted by Crippen LogP contribution is -2.38. The first-order chi connectivity index (χ1) is 9.56. The quantitative estimate of drug-likeness (QED) is 0.888. The molecule has 0 aliphatic carbocycles. The van der Waals surface area contributed by atoms with Gasteiger partial charge in [0.25, 0.3) is 0 Å². The molecule has 1 saturated heterocycles. The molecule has 0 radical (unpaired) electrons. The zero-order chi connectivity index (χ0) is 14.5. The number of rotatable bonds is 5.